The smallest absolute Gasteiger partial charge is 0.292 e. The van der Waals surface area contributed by atoms with Gasteiger partial charge in [-0.25, -0.2) is 9.59 Å². The highest BCUT2D eigenvalue weighted by Gasteiger charge is 2.33. The van der Waals surface area contributed by atoms with E-state index in [1.54, 1.807) is 24.3 Å². The van der Waals surface area contributed by atoms with E-state index in [1.165, 1.54) is 0 Å². The van der Waals surface area contributed by atoms with Crippen LogP contribution in [0.15, 0.2) is 48.5 Å². The van der Waals surface area contributed by atoms with Crippen LogP contribution in [0.2, 0.25) is 0 Å². The van der Waals surface area contributed by atoms with E-state index < -0.39 is 18.0 Å². The maximum atomic E-state index is 12.3. The molecule has 2 aromatic rings. The lowest BCUT2D eigenvalue weighted by Gasteiger charge is -2.26. The second-order valence-corrected chi connectivity index (χ2v) is 8.49. The molecule has 2 aromatic carbocycles. The Labute approximate surface area is 189 Å². The number of carbonyl (C=O) groups excluding carboxylic acids is 2. The van der Waals surface area contributed by atoms with Gasteiger partial charge in [0.15, 0.2) is 6.10 Å². The topological polar surface area (TPSA) is 71.1 Å². The molecule has 1 unspecified atom stereocenters. The van der Waals surface area contributed by atoms with Crippen LogP contribution in [-0.4, -0.2) is 18.0 Å². The molecule has 0 spiro atoms. The van der Waals surface area contributed by atoms with Crippen LogP contribution in [-0.2, 0) is 19.6 Å². The lowest BCUT2D eigenvalue weighted by atomic mass is 9.95. The van der Waals surface area contributed by atoms with Crippen LogP contribution in [0.25, 0.3) is 0 Å². The van der Waals surface area contributed by atoms with E-state index in [0.717, 1.165) is 17.5 Å². The minimum absolute atomic E-state index is 0.374. The number of rotatable bonds is 8. The van der Waals surface area contributed by atoms with Crippen molar-refractivity contribution in [1.29, 1.82) is 0 Å². The first-order valence-electron chi connectivity index (χ1n) is 11.0. The standard InChI is InChI=1S/C26H30O6/c1-17(2)19-9-13-21(14-10-19)25(27)31-29-23-7-5-6-8-24(23)30-32-26(28)22-15-11-20(12-16-22)18(3)4/h5,9-18,23H,6-8H2,1-4H3. The van der Waals surface area contributed by atoms with Gasteiger partial charge in [-0.15, -0.1) is 0 Å². The molecule has 1 saturated carbocycles. The fraction of sp³-hybridized carbons (Fsp3) is 0.385. The van der Waals surface area contributed by atoms with Gasteiger partial charge >= 0.3 is 11.9 Å². The van der Waals surface area contributed by atoms with Gasteiger partial charge in [0.1, 0.15) is 6.10 Å². The molecule has 0 aliphatic heterocycles. The Morgan fingerprint density at radius 1 is 0.781 bits per heavy atom. The van der Waals surface area contributed by atoms with Gasteiger partial charge < -0.3 is 0 Å². The first-order valence-corrected chi connectivity index (χ1v) is 11.0. The summed E-state index contributed by atoms with van der Waals surface area (Å²) in [5.74, 6) is -0.436. The molecule has 2 radical (unpaired) electrons. The summed E-state index contributed by atoms with van der Waals surface area (Å²) >= 11 is 0. The van der Waals surface area contributed by atoms with Crippen LogP contribution in [0, 0.1) is 12.5 Å². The van der Waals surface area contributed by atoms with Crippen molar-refractivity contribution in [3.8, 4) is 0 Å². The second-order valence-electron chi connectivity index (χ2n) is 8.49. The largest absolute Gasteiger partial charge is 0.373 e. The molecule has 1 atom stereocenters. The molecule has 0 N–H and O–H groups in total. The molecule has 1 aliphatic rings. The van der Waals surface area contributed by atoms with E-state index in [2.05, 4.69) is 27.7 Å². The molecule has 0 aromatic heterocycles. The predicted molar refractivity (Wildman–Crippen MR) is 119 cm³/mol. The van der Waals surface area contributed by atoms with Gasteiger partial charge in [-0.1, -0.05) is 52.0 Å². The number of hydrogen-bond acceptors (Lipinski definition) is 6. The Morgan fingerprint density at radius 3 is 1.78 bits per heavy atom. The third-order valence-electron chi connectivity index (χ3n) is 5.43. The lowest BCUT2D eigenvalue weighted by molar-refractivity contribution is -0.317. The Balaban J connectivity index is 1.51. The zero-order valence-electron chi connectivity index (χ0n) is 19.0. The Morgan fingerprint density at radius 2 is 1.28 bits per heavy atom. The summed E-state index contributed by atoms with van der Waals surface area (Å²) in [5, 5.41) is 0. The van der Waals surface area contributed by atoms with Crippen molar-refractivity contribution in [2.24, 2.45) is 0 Å². The Hall–Kier alpha value is -2.70. The maximum Gasteiger partial charge on any atom is 0.373 e. The monoisotopic (exact) mass is 438 g/mol. The molecule has 6 heteroatoms. The Kier molecular flexibility index (Phi) is 8.42. The summed E-state index contributed by atoms with van der Waals surface area (Å²) in [6, 6.07) is 14.4. The summed E-state index contributed by atoms with van der Waals surface area (Å²) in [5.41, 5.74) is 3.06. The molecule has 3 rings (SSSR count). The summed E-state index contributed by atoms with van der Waals surface area (Å²) in [4.78, 5) is 45.3. The van der Waals surface area contributed by atoms with Crippen LogP contribution in [0.5, 0.6) is 0 Å². The first-order chi connectivity index (χ1) is 15.3. The van der Waals surface area contributed by atoms with Gasteiger partial charge in [-0.3, -0.25) is 9.78 Å². The molecular weight excluding hydrogens is 408 g/mol. The van der Waals surface area contributed by atoms with E-state index in [4.69, 9.17) is 19.6 Å². The second kappa shape index (κ2) is 11.2. The van der Waals surface area contributed by atoms with Crippen LogP contribution >= 0.6 is 0 Å². The summed E-state index contributed by atoms with van der Waals surface area (Å²) in [6.45, 7) is 8.34. The molecule has 170 valence electrons. The molecule has 0 saturated heterocycles. The predicted octanol–water partition coefficient (Wildman–Crippen LogP) is 6.10. The van der Waals surface area contributed by atoms with Crippen molar-refractivity contribution < 1.29 is 29.1 Å². The molecule has 32 heavy (non-hydrogen) atoms. The highest BCUT2D eigenvalue weighted by Crippen LogP contribution is 2.30. The van der Waals surface area contributed by atoms with E-state index in [1.807, 2.05) is 30.7 Å². The van der Waals surface area contributed by atoms with Crippen LogP contribution < -0.4 is 0 Å². The van der Waals surface area contributed by atoms with E-state index in [0.29, 0.717) is 41.9 Å². The molecule has 1 fully saturated rings. The Bertz CT molecular complexity index is 810. The number of carbonyl (C=O) groups is 2. The van der Waals surface area contributed by atoms with Crippen molar-refractivity contribution in [2.75, 3.05) is 0 Å². The highest BCUT2D eigenvalue weighted by atomic mass is 17.2. The van der Waals surface area contributed by atoms with E-state index in [9.17, 15) is 9.59 Å². The van der Waals surface area contributed by atoms with Gasteiger partial charge in [0, 0.05) is 0 Å². The fourth-order valence-corrected chi connectivity index (χ4v) is 3.29. The zero-order valence-corrected chi connectivity index (χ0v) is 19.0. The summed E-state index contributed by atoms with van der Waals surface area (Å²) < 4.78 is 0. The fourth-order valence-electron chi connectivity index (χ4n) is 3.29. The van der Waals surface area contributed by atoms with Crippen LogP contribution in [0.4, 0.5) is 0 Å². The summed E-state index contributed by atoms with van der Waals surface area (Å²) in [6.07, 6.45) is 3.51. The molecule has 6 nitrogen and oxygen atoms in total. The molecule has 0 bridgehead atoms. The summed E-state index contributed by atoms with van der Waals surface area (Å²) in [7, 11) is 0. The van der Waals surface area contributed by atoms with Gasteiger partial charge in [0.05, 0.1) is 11.1 Å². The van der Waals surface area contributed by atoms with Crippen molar-refractivity contribution in [3.05, 3.63) is 83.3 Å². The van der Waals surface area contributed by atoms with E-state index in [-0.39, 0.29) is 0 Å². The zero-order chi connectivity index (χ0) is 23.1. The third-order valence-corrected chi connectivity index (χ3v) is 5.43. The van der Waals surface area contributed by atoms with Gasteiger partial charge in [-0.05, 0) is 72.9 Å². The average Bonchev–Trinajstić information content (AvgIpc) is 2.81. The van der Waals surface area contributed by atoms with Crippen LogP contribution in [0.3, 0.4) is 0 Å². The first kappa shape index (κ1) is 24.0. The van der Waals surface area contributed by atoms with Crippen molar-refractivity contribution in [2.45, 2.75) is 64.9 Å². The molecular formula is C26H30O6. The van der Waals surface area contributed by atoms with Crippen molar-refractivity contribution in [1.82, 2.24) is 0 Å². The molecule has 0 amide bonds. The quantitative estimate of drug-likeness (QED) is 0.366. The lowest BCUT2D eigenvalue weighted by Crippen LogP contribution is -2.30. The third kappa shape index (κ3) is 6.40. The normalized spacial score (nSPS) is 16.9. The van der Waals surface area contributed by atoms with E-state index >= 15 is 0 Å². The van der Waals surface area contributed by atoms with Gasteiger partial charge in [0.25, 0.3) is 0 Å². The molecule has 1 aliphatic carbocycles. The van der Waals surface area contributed by atoms with Gasteiger partial charge in [0.2, 0.25) is 0 Å². The molecule has 0 heterocycles. The van der Waals surface area contributed by atoms with Crippen molar-refractivity contribution in [3.63, 3.8) is 0 Å². The van der Waals surface area contributed by atoms with Crippen molar-refractivity contribution >= 4 is 11.9 Å². The highest BCUT2D eigenvalue weighted by molar-refractivity contribution is 5.89. The number of benzene rings is 2. The van der Waals surface area contributed by atoms with Crippen LogP contribution in [0.1, 0.15) is 90.6 Å². The van der Waals surface area contributed by atoms with Gasteiger partial charge in [-0.2, -0.15) is 9.78 Å². The minimum Gasteiger partial charge on any atom is -0.292 e. The maximum absolute atomic E-state index is 12.3. The SMILES string of the molecule is CC(C)c1ccc(C(=O)OO[C]2CC[CH]CC2OOC(=O)c2ccc(C(C)C)cc2)cc1. The minimum atomic E-state index is -0.640. The number of hydrogen-bond donors (Lipinski definition) is 0. The average molecular weight is 439 g/mol.